The molecular weight excluding hydrogens is 698 g/mol. The molecule has 0 heterocycles. The van der Waals surface area contributed by atoms with Crippen LogP contribution < -0.4 is 10.7 Å². The maximum atomic E-state index is 8.65. The Morgan fingerprint density at radius 1 is 1.22 bits per heavy atom. The van der Waals surface area contributed by atoms with Crippen LogP contribution in [0, 0.1) is 0 Å². The van der Waals surface area contributed by atoms with E-state index >= 15 is 0 Å². The second-order valence-corrected chi connectivity index (χ2v) is 4.00. The van der Waals surface area contributed by atoms with E-state index in [1.807, 2.05) is 0 Å². The Morgan fingerprint density at radius 2 is 1.22 bits per heavy atom. The third-order valence-corrected chi connectivity index (χ3v) is 0. The third kappa shape index (κ3) is 194. The molecule has 0 aromatic heterocycles. The maximum absolute atomic E-state index is 8.65. The van der Waals surface area contributed by atoms with Gasteiger partial charge in [-0.3, -0.25) is 0 Å². The molecule has 0 unspecified atom stereocenters. The zero-order chi connectivity index (χ0) is 7.21. The molecule has 0 N–H and O–H groups in total. The van der Waals surface area contributed by atoms with Gasteiger partial charge in [-0.15, -0.1) is 0 Å². The van der Waals surface area contributed by atoms with E-state index in [0.29, 0.717) is 0 Å². The molecule has 9 heteroatoms. The van der Waals surface area contributed by atoms with Crippen molar-refractivity contribution in [2.45, 2.75) is 0 Å². The zero-order valence-corrected chi connectivity index (χ0v) is 13.6. The predicted octanol–water partition coefficient (Wildman–Crippen LogP) is -4.69. The Labute approximate surface area is 85.7 Å². The van der Waals surface area contributed by atoms with E-state index in [0.717, 1.165) is 0 Å². The van der Waals surface area contributed by atoms with Gasteiger partial charge < -0.3 is 0 Å². The predicted molar refractivity (Wildman–Crippen MR) is 13.6 cm³/mol. The molecule has 0 aliphatic rings. The van der Waals surface area contributed by atoms with Gasteiger partial charge in [-0.05, 0) is 0 Å². The Bertz CT molecular complexity index is 125. The molecule has 9 heavy (non-hydrogen) atoms. The molecule has 0 spiro atoms. The Kier molecular flexibility index (Phi) is 18.4. The van der Waals surface area contributed by atoms with Gasteiger partial charge in [-0.25, -0.2) is 0 Å². The SMILES string of the molecule is [Bi+3].[O]=[Bi][O-].[O]=[W](=[O])([O-])[O-]. The van der Waals surface area contributed by atoms with Crippen LogP contribution in [0.25, 0.3) is 0 Å². The van der Waals surface area contributed by atoms with Crippen LogP contribution >= 0.6 is 0 Å². The molecule has 0 aliphatic carbocycles. The van der Waals surface area contributed by atoms with Crippen LogP contribution in [0.2, 0.25) is 0 Å². The second-order valence-electron chi connectivity index (χ2n) is 0.483. The molecular formula is Bi2O6W. The van der Waals surface area contributed by atoms with Crippen LogP contribution in [0.5, 0.6) is 0 Å². The number of hydrogen-bond donors (Lipinski definition) is 0. The molecule has 0 aromatic carbocycles. The third-order valence-electron chi connectivity index (χ3n) is 0. The topological polar surface area (TPSA) is 120 Å². The van der Waals surface area contributed by atoms with Gasteiger partial charge in [0.15, 0.2) is 0 Å². The Balaban J connectivity index is -0.0000000800. The van der Waals surface area contributed by atoms with Crippen molar-refractivity contribution in [3.63, 3.8) is 0 Å². The summed E-state index contributed by atoms with van der Waals surface area (Å²) in [4.78, 5) is 0. The quantitative estimate of drug-likeness (QED) is 0.235. The molecule has 0 saturated heterocycles. The summed E-state index contributed by atoms with van der Waals surface area (Å²) in [7, 11) is 0. The fourth-order valence-electron chi connectivity index (χ4n) is 0. The molecule has 52 valence electrons. The number of rotatable bonds is 0. The molecule has 0 rings (SSSR count). The van der Waals surface area contributed by atoms with E-state index in [1.165, 1.54) is 0 Å². The summed E-state index contributed by atoms with van der Waals surface area (Å²) in [5.74, 6) is 0. The van der Waals surface area contributed by atoms with Crippen molar-refractivity contribution in [2.75, 3.05) is 0 Å². The van der Waals surface area contributed by atoms with E-state index in [4.69, 9.17) is 20.3 Å². The minimum atomic E-state index is -6.17. The standard InChI is InChI=1S/2Bi.6O.W/q;+3;;;;3*-1;. The van der Waals surface area contributed by atoms with E-state index in [-0.39, 0.29) is 26.2 Å². The van der Waals surface area contributed by atoms with E-state index in [2.05, 4.69) is 0 Å². The summed E-state index contributed by atoms with van der Waals surface area (Å²) < 4.78 is 51.7. The van der Waals surface area contributed by atoms with Crippen LogP contribution in [0.15, 0.2) is 0 Å². The van der Waals surface area contributed by atoms with Gasteiger partial charge >= 0.3 is 86.9 Å². The Hall–Kier alpha value is 1.73. The van der Waals surface area contributed by atoms with Gasteiger partial charge in [-0.1, -0.05) is 0 Å². The van der Waals surface area contributed by atoms with Gasteiger partial charge in [0.1, 0.15) is 0 Å². The van der Waals surface area contributed by atoms with Crippen molar-refractivity contribution in [1.29, 1.82) is 0 Å². The molecule has 0 atom stereocenters. The van der Waals surface area contributed by atoms with Gasteiger partial charge in [0, 0.05) is 0 Å². The average Bonchev–Trinajstić information content (AvgIpc) is 1.27. The molecule has 0 amide bonds. The first-order valence-electron chi connectivity index (χ1n) is 1.03. The summed E-state index contributed by atoms with van der Waals surface area (Å²) in [6.07, 6.45) is 0. The van der Waals surface area contributed by atoms with E-state index in [1.54, 1.807) is 0 Å². The van der Waals surface area contributed by atoms with Crippen LogP contribution in [-0.4, -0.2) is 49.9 Å². The second kappa shape index (κ2) is 9.73. The summed E-state index contributed by atoms with van der Waals surface area (Å²) in [5, 5.41) is 0. The molecule has 2 radical (unpaired) electrons. The molecule has 0 fully saturated rings. The van der Waals surface area contributed by atoms with Crippen LogP contribution in [0.4, 0.5) is 0 Å². The van der Waals surface area contributed by atoms with E-state index < -0.39 is 40.4 Å². The van der Waals surface area contributed by atoms with Gasteiger partial charge in [-0.2, -0.15) is 0 Å². The van der Waals surface area contributed by atoms with Gasteiger partial charge in [0.2, 0.25) is 0 Å². The summed E-state index contributed by atoms with van der Waals surface area (Å²) >= 11 is -8.50. The Morgan fingerprint density at radius 3 is 1.22 bits per heavy atom. The van der Waals surface area contributed by atoms with Crippen molar-refractivity contribution >= 4 is 49.9 Å². The van der Waals surface area contributed by atoms with Crippen molar-refractivity contribution in [1.82, 2.24) is 0 Å². The first kappa shape index (κ1) is 17.0. The summed E-state index contributed by atoms with van der Waals surface area (Å²) in [6, 6.07) is 0. The van der Waals surface area contributed by atoms with Crippen molar-refractivity contribution in [3.05, 3.63) is 0 Å². The fourth-order valence-corrected chi connectivity index (χ4v) is 0. The summed E-state index contributed by atoms with van der Waals surface area (Å²) in [5.41, 5.74) is 0. The summed E-state index contributed by atoms with van der Waals surface area (Å²) in [6.45, 7) is 0. The molecule has 0 aromatic rings. The molecule has 6 nitrogen and oxygen atoms in total. The monoisotopic (exact) mass is 698 g/mol. The minimum absolute atomic E-state index is 0. The van der Waals surface area contributed by atoms with E-state index in [9.17, 15) is 0 Å². The zero-order valence-electron chi connectivity index (χ0n) is 3.75. The average molecular weight is 698 g/mol. The number of hydrogen-bond acceptors (Lipinski definition) is 6. The van der Waals surface area contributed by atoms with Gasteiger partial charge in [0.05, 0.1) is 0 Å². The first-order valence-corrected chi connectivity index (χ1v) is 8.66. The molecule has 0 aliphatic heterocycles. The normalized spacial score (nSPS) is 7.89. The van der Waals surface area contributed by atoms with Crippen LogP contribution in [0.1, 0.15) is 0 Å². The molecule has 0 bridgehead atoms. The van der Waals surface area contributed by atoms with Crippen molar-refractivity contribution < 1.29 is 37.1 Å². The van der Waals surface area contributed by atoms with Crippen molar-refractivity contribution in [2.24, 2.45) is 0 Å². The molecule has 0 saturated carbocycles. The van der Waals surface area contributed by atoms with Crippen LogP contribution in [0.3, 0.4) is 0 Å². The fraction of sp³-hybridized carbons (Fsp3) is 0. The first-order chi connectivity index (χ1) is 3.41. The van der Waals surface area contributed by atoms with Gasteiger partial charge in [0.25, 0.3) is 0 Å². The van der Waals surface area contributed by atoms with Crippen LogP contribution in [-0.2, 0) is 26.4 Å². The van der Waals surface area contributed by atoms with Crippen molar-refractivity contribution in [3.8, 4) is 0 Å².